The molecule has 2 aliphatic rings. The van der Waals surface area contributed by atoms with Crippen molar-refractivity contribution >= 4 is 28.7 Å². The normalized spacial score (nSPS) is 27.6. The maximum atomic E-state index is 11.6. The molecule has 0 bridgehead atoms. The van der Waals surface area contributed by atoms with Crippen molar-refractivity contribution in [3.05, 3.63) is 0 Å². The molecule has 1 fully saturated rings. The first-order chi connectivity index (χ1) is 6.24. The number of hydrogen-bond donors (Lipinski definition) is 1. The highest BCUT2D eigenvalue weighted by molar-refractivity contribution is 8.14. The average Bonchev–Trinajstić information content (AvgIpc) is 2.53. The molecule has 0 radical (unpaired) electrons. The maximum absolute atomic E-state index is 11.6. The van der Waals surface area contributed by atoms with E-state index in [1.807, 2.05) is 0 Å². The number of carbonyl (C=O) groups excluding carboxylic acids is 2. The summed E-state index contributed by atoms with van der Waals surface area (Å²) in [7, 11) is 1.59. The van der Waals surface area contributed by atoms with E-state index in [0.29, 0.717) is 11.7 Å². The number of rotatable bonds is 1. The fraction of sp³-hybridized carbons (Fsp3) is 0.571. The van der Waals surface area contributed by atoms with E-state index < -0.39 is 6.04 Å². The molecule has 6 heteroatoms. The molecular formula is C7H9N3O2S. The van der Waals surface area contributed by atoms with Crippen LogP contribution in [0.1, 0.15) is 0 Å². The highest BCUT2D eigenvalue weighted by Gasteiger charge is 2.39. The second-order valence-corrected chi connectivity index (χ2v) is 3.85. The summed E-state index contributed by atoms with van der Waals surface area (Å²) in [5, 5.41) is 3.22. The minimum absolute atomic E-state index is 0.178. The lowest BCUT2D eigenvalue weighted by atomic mass is 10.2. The van der Waals surface area contributed by atoms with Gasteiger partial charge in [0.15, 0.2) is 11.2 Å². The lowest BCUT2D eigenvalue weighted by Gasteiger charge is -2.24. The molecule has 0 aromatic heterocycles. The Labute approximate surface area is 79.6 Å². The van der Waals surface area contributed by atoms with Gasteiger partial charge in [-0.25, -0.2) is 0 Å². The summed E-state index contributed by atoms with van der Waals surface area (Å²) in [5.74, 6) is 0.268. The topological polar surface area (TPSA) is 61.8 Å². The van der Waals surface area contributed by atoms with E-state index in [4.69, 9.17) is 0 Å². The largest absolute Gasteiger partial charge is 0.301 e. The van der Waals surface area contributed by atoms with Gasteiger partial charge < -0.3 is 5.32 Å². The summed E-state index contributed by atoms with van der Waals surface area (Å²) < 4.78 is 0. The number of aliphatic imine (C=N–C) groups is 1. The minimum atomic E-state index is -0.776. The van der Waals surface area contributed by atoms with Gasteiger partial charge in [0, 0.05) is 12.3 Å². The van der Waals surface area contributed by atoms with E-state index in [2.05, 4.69) is 10.3 Å². The van der Waals surface area contributed by atoms with Gasteiger partial charge in [0.2, 0.25) is 0 Å². The molecule has 0 aliphatic carbocycles. The summed E-state index contributed by atoms with van der Waals surface area (Å²) in [6.45, 7) is 0.661. The van der Waals surface area contributed by atoms with Crippen LogP contribution in [0.15, 0.2) is 4.99 Å². The maximum Gasteiger partial charge on any atom is 0.274 e. The fourth-order valence-corrected chi connectivity index (χ4v) is 2.31. The number of thioether (sulfide) groups is 1. The molecule has 1 saturated heterocycles. The number of nitrogens with one attached hydrogen (secondary N) is 1. The van der Waals surface area contributed by atoms with Crippen LogP contribution in [0.2, 0.25) is 0 Å². The molecule has 2 aliphatic heterocycles. The Kier molecular flexibility index (Phi) is 2.09. The monoisotopic (exact) mass is 199 g/mol. The summed E-state index contributed by atoms with van der Waals surface area (Å²) >= 11 is 1.45. The number of nitrogens with zero attached hydrogens (tertiary/aromatic N) is 2. The van der Waals surface area contributed by atoms with Crippen LogP contribution in [0.25, 0.3) is 0 Å². The van der Waals surface area contributed by atoms with Gasteiger partial charge in [-0.1, -0.05) is 11.8 Å². The van der Waals surface area contributed by atoms with Crippen molar-refractivity contribution < 1.29 is 9.59 Å². The molecule has 0 aromatic carbocycles. The number of hydrogen-bond acceptors (Lipinski definition) is 4. The molecule has 13 heavy (non-hydrogen) atoms. The van der Waals surface area contributed by atoms with Gasteiger partial charge in [0.1, 0.15) is 0 Å². The first kappa shape index (κ1) is 8.71. The fourth-order valence-electron chi connectivity index (χ4n) is 1.37. The quantitative estimate of drug-likeness (QED) is 0.553. The van der Waals surface area contributed by atoms with Crippen molar-refractivity contribution in [2.24, 2.45) is 4.99 Å². The van der Waals surface area contributed by atoms with Crippen LogP contribution in [0, 0.1) is 0 Å². The zero-order valence-electron chi connectivity index (χ0n) is 7.11. The molecule has 70 valence electrons. The van der Waals surface area contributed by atoms with Crippen LogP contribution in [0.5, 0.6) is 0 Å². The SMILES string of the molecule is CNC1C(=O)N=C2SCCN2C1=O. The number of amides is 2. The molecule has 2 amide bonds. The minimum Gasteiger partial charge on any atom is -0.301 e. The Balaban J connectivity index is 2.33. The lowest BCUT2D eigenvalue weighted by Crippen LogP contribution is -2.53. The first-order valence-electron chi connectivity index (χ1n) is 3.98. The van der Waals surface area contributed by atoms with Crippen LogP contribution >= 0.6 is 11.8 Å². The van der Waals surface area contributed by atoms with Crippen LogP contribution in [-0.4, -0.2) is 47.3 Å². The van der Waals surface area contributed by atoms with Crippen molar-refractivity contribution in [3.63, 3.8) is 0 Å². The van der Waals surface area contributed by atoms with Gasteiger partial charge in [-0.2, -0.15) is 4.99 Å². The summed E-state index contributed by atoms with van der Waals surface area (Å²) in [4.78, 5) is 28.3. The van der Waals surface area contributed by atoms with Crippen LogP contribution in [-0.2, 0) is 9.59 Å². The average molecular weight is 199 g/mol. The Morgan fingerprint density at radius 2 is 2.38 bits per heavy atom. The number of amidine groups is 1. The Morgan fingerprint density at radius 1 is 1.62 bits per heavy atom. The van der Waals surface area contributed by atoms with Crippen molar-refractivity contribution in [3.8, 4) is 0 Å². The van der Waals surface area contributed by atoms with Crippen molar-refractivity contribution in [1.82, 2.24) is 10.2 Å². The third-order valence-electron chi connectivity index (χ3n) is 2.03. The second-order valence-electron chi connectivity index (χ2n) is 2.79. The highest BCUT2D eigenvalue weighted by Crippen LogP contribution is 2.22. The predicted molar refractivity (Wildman–Crippen MR) is 49.5 cm³/mol. The molecule has 1 N–H and O–H groups in total. The molecule has 1 atom stereocenters. The second kappa shape index (κ2) is 3.12. The lowest BCUT2D eigenvalue weighted by molar-refractivity contribution is -0.135. The van der Waals surface area contributed by atoms with Gasteiger partial charge in [-0.05, 0) is 7.05 Å². The molecule has 0 aromatic rings. The van der Waals surface area contributed by atoms with E-state index in [1.54, 1.807) is 11.9 Å². The van der Waals surface area contributed by atoms with Crippen LogP contribution in [0.4, 0.5) is 0 Å². The van der Waals surface area contributed by atoms with Gasteiger partial charge in [0.05, 0.1) is 0 Å². The number of fused-ring (bicyclic) bond motifs is 1. The van der Waals surface area contributed by atoms with Crippen LogP contribution in [0.3, 0.4) is 0 Å². The molecule has 2 rings (SSSR count). The molecule has 2 heterocycles. The molecule has 0 saturated carbocycles. The predicted octanol–water partition coefficient (Wildman–Crippen LogP) is -0.954. The van der Waals surface area contributed by atoms with E-state index in [-0.39, 0.29) is 11.8 Å². The molecule has 1 unspecified atom stereocenters. The molecular weight excluding hydrogens is 190 g/mol. The van der Waals surface area contributed by atoms with Gasteiger partial charge in [0.25, 0.3) is 11.8 Å². The third-order valence-corrected chi connectivity index (χ3v) is 2.99. The third kappa shape index (κ3) is 1.26. The van der Waals surface area contributed by atoms with E-state index in [1.165, 1.54) is 11.8 Å². The van der Waals surface area contributed by atoms with Crippen molar-refractivity contribution in [2.75, 3.05) is 19.3 Å². The highest BCUT2D eigenvalue weighted by atomic mass is 32.2. The zero-order chi connectivity index (χ0) is 9.42. The van der Waals surface area contributed by atoms with Gasteiger partial charge in [-0.3, -0.25) is 14.5 Å². The Morgan fingerprint density at radius 3 is 3.08 bits per heavy atom. The number of likely N-dealkylation sites (N-methyl/N-ethyl adjacent to an activating group) is 1. The standard InChI is InChI=1S/C7H9N3O2S/c1-8-4-5(11)9-7-10(6(4)12)2-3-13-7/h4,8H,2-3H2,1H3. The van der Waals surface area contributed by atoms with Crippen molar-refractivity contribution in [1.29, 1.82) is 0 Å². The number of carbonyl (C=O) groups is 2. The van der Waals surface area contributed by atoms with E-state index in [9.17, 15) is 9.59 Å². The summed E-state index contributed by atoms with van der Waals surface area (Å²) in [6, 6.07) is -0.776. The van der Waals surface area contributed by atoms with Gasteiger partial charge >= 0.3 is 0 Å². The van der Waals surface area contributed by atoms with Gasteiger partial charge in [-0.15, -0.1) is 0 Å². The molecule has 5 nitrogen and oxygen atoms in total. The Hall–Kier alpha value is -0.880. The molecule has 0 spiro atoms. The van der Waals surface area contributed by atoms with Crippen molar-refractivity contribution in [2.45, 2.75) is 6.04 Å². The Bertz CT molecular complexity index is 302. The van der Waals surface area contributed by atoms with Crippen LogP contribution < -0.4 is 5.32 Å². The van der Waals surface area contributed by atoms with E-state index >= 15 is 0 Å². The summed E-state index contributed by atoms with van der Waals surface area (Å²) in [5.41, 5.74) is 0. The smallest absolute Gasteiger partial charge is 0.274 e. The zero-order valence-corrected chi connectivity index (χ0v) is 7.93. The summed E-state index contributed by atoms with van der Waals surface area (Å²) in [6.07, 6.45) is 0. The van der Waals surface area contributed by atoms with E-state index in [0.717, 1.165) is 5.75 Å². The first-order valence-corrected chi connectivity index (χ1v) is 4.96.